The van der Waals surface area contributed by atoms with E-state index in [1.807, 2.05) is 0 Å². The molecule has 4 fully saturated rings. The number of benzene rings is 2. The Kier molecular flexibility index (Phi) is 6.40. The lowest BCUT2D eigenvalue weighted by molar-refractivity contribution is 0.0647. The summed E-state index contributed by atoms with van der Waals surface area (Å²) >= 11 is 0. The second kappa shape index (κ2) is 10.1. The van der Waals surface area contributed by atoms with Gasteiger partial charge in [0, 0.05) is 30.1 Å². The molecule has 0 radical (unpaired) electrons. The lowest BCUT2D eigenvalue weighted by Crippen LogP contribution is -2.43. The number of phenols is 1. The number of hydrogen-bond donors (Lipinski definition) is 2. The van der Waals surface area contributed by atoms with Crippen molar-refractivity contribution in [2.24, 2.45) is 5.41 Å². The molecule has 2 N–H and O–H groups in total. The average Bonchev–Trinajstić information content (AvgIpc) is 3.39. The zero-order chi connectivity index (χ0) is 32.0. The van der Waals surface area contributed by atoms with E-state index in [1.165, 1.54) is 24.4 Å². The van der Waals surface area contributed by atoms with Crippen LogP contribution >= 0.6 is 0 Å². The van der Waals surface area contributed by atoms with E-state index in [9.17, 15) is 22.7 Å². The molecule has 2 aromatic carbocycles. The van der Waals surface area contributed by atoms with E-state index < -0.39 is 40.7 Å². The van der Waals surface area contributed by atoms with Gasteiger partial charge in [-0.05, 0) is 49.4 Å². The molecule has 5 heterocycles. The molecule has 0 amide bonds. The molecule has 1 aliphatic carbocycles. The maximum atomic E-state index is 16.6. The summed E-state index contributed by atoms with van der Waals surface area (Å²) in [6.07, 6.45) is 7.17. The Labute approximate surface area is 259 Å². The lowest BCUT2D eigenvalue weighted by atomic mass is 9.89. The fraction of sp³-hybridized carbons (Fsp3) is 0.424. The fourth-order valence-electron chi connectivity index (χ4n) is 7.64. The highest BCUT2D eigenvalue weighted by molar-refractivity contribution is 6.03. The predicted molar refractivity (Wildman–Crippen MR) is 159 cm³/mol. The van der Waals surface area contributed by atoms with Gasteiger partial charge in [0.15, 0.2) is 5.82 Å². The monoisotopic (exact) mass is 637 g/mol. The number of phenolic OH excluding ortho intramolecular Hbond substituents is 1. The van der Waals surface area contributed by atoms with Crippen LogP contribution in [0.15, 0.2) is 30.5 Å². The van der Waals surface area contributed by atoms with Gasteiger partial charge in [0.25, 0.3) is 5.92 Å². The van der Waals surface area contributed by atoms with Crippen LogP contribution in [0.5, 0.6) is 11.8 Å². The molecule has 8 nitrogen and oxygen atoms in total. The first-order valence-corrected chi connectivity index (χ1v) is 15.1. The van der Waals surface area contributed by atoms with Crippen molar-refractivity contribution in [2.75, 3.05) is 38.2 Å². The molecule has 13 heteroatoms. The van der Waals surface area contributed by atoms with E-state index in [4.69, 9.17) is 15.9 Å². The van der Waals surface area contributed by atoms with E-state index in [0.29, 0.717) is 18.4 Å². The van der Waals surface area contributed by atoms with Gasteiger partial charge in [-0.15, -0.1) is 6.42 Å². The normalized spacial score (nSPS) is 28.2. The minimum Gasteiger partial charge on any atom is -0.508 e. The number of fused-ring (bicyclic) bond motifs is 3. The van der Waals surface area contributed by atoms with Crippen molar-refractivity contribution < 1.29 is 36.5 Å². The molecule has 0 unspecified atom stereocenters. The summed E-state index contributed by atoms with van der Waals surface area (Å²) in [5.41, 5.74) is -2.29. The highest BCUT2D eigenvalue weighted by Crippen LogP contribution is 2.69. The largest absolute Gasteiger partial charge is 0.508 e. The summed E-state index contributed by atoms with van der Waals surface area (Å²) in [7, 11) is 0. The number of aromatic nitrogens is 3. The predicted octanol–water partition coefficient (Wildman–Crippen LogP) is 5.60. The molecule has 4 atom stereocenters. The third-order valence-electron chi connectivity index (χ3n) is 10.0. The van der Waals surface area contributed by atoms with Crippen LogP contribution in [0.25, 0.3) is 32.9 Å². The Morgan fingerprint density at radius 3 is 2.74 bits per heavy atom. The van der Waals surface area contributed by atoms with Crippen molar-refractivity contribution in [2.45, 2.75) is 49.4 Å². The first-order chi connectivity index (χ1) is 22.0. The number of halogens is 5. The maximum Gasteiger partial charge on any atom is 0.319 e. The van der Waals surface area contributed by atoms with Crippen LogP contribution in [0.3, 0.4) is 0 Å². The van der Waals surface area contributed by atoms with Gasteiger partial charge >= 0.3 is 6.01 Å². The molecule has 238 valence electrons. The molecule has 1 spiro atoms. The number of terminal acetylenes is 1. The molecule has 0 bridgehead atoms. The summed E-state index contributed by atoms with van der Waals surface area (Å²) in [5.74, 6) is -2.23. The van der Waals surface area contributed by atoms with Gasteiger partial charge in [-0.1, -0.05) is 12.0 Å². The van der Waals surface area contributed by atoms with Gasteiger partial charge in [-0.25, -0.2) is 22.0 Å². The smallest absolute Gasteiger partial charge is 0.319 e. The van der Waals surface area contributed by atoms with Crippen LogP contribution in [0.1, 0.15) is 31.2 Å². The Morgan fingerprint density at radius 2 is 2.00 bits per heavy atom. The molecule has 46 heavy (non-hydrogen) atoms. The molecule has 4 aromatic rings. The second-order valence-corrected chi connectivity index (χ2v) is 12.9. The number of ether oxygens (including phenoxy) is 2. The molecule has 8 rings (SSSR count). The quantitative estimate of drug-likeness (QED) is 0.209. The minimum absolute atomic E-state index is 0.00954. The third-order valence-corrected chi connectivity index (χ3v) is 10.0. The lowest BCUT2D eigenvalue weighted by Gasteiger charge is -2.31. The Balaban J connectivity index is 1.23. The minimum atomic E-state index is -2.71. The zero-order valence-corrected chi connectivity index (χ0v) is 24.4. The number of hydrogen-bond acceptors (Lipinski definition) is 8. The van der Waals surface area contributed by atoms with Gasteiger partial charge < -0.3 is 19.9 Å². The van der Waals surface area contributed by atoms with Crippen LogP contribution in [0.4, 0.5) is 27.8 Å². The molecular formula is C33H28F5N5O3. The Hall–Kier alpha value is -4.28. The van der Waals surface area contributed by atoms with Crippen LogP contribution in [0.2, 0.25) is 0 Å². The molecule has 4 aliphatic rings. The van der Waals surface area contributed by atoms with E-state index in [-0.39, 0.29) is 89.9 Å². The van der Waals surface area contributed by atoms with Gasteiger partial charge in [0.1, 0.15) is 41.4 Å². The Morgan fingerprint density at radius 1 is 1.17 bits per heavy atom. The number of alkyl halides is 3. The Bertz CT molecular complexity index is 1970. The number of rotatable bonds is 6. The summed E-state index contributed by atoms with van der Waals surface area (Å²) in [6, 6.07) is 4.16. The molecule has 3 saturated heterocycles. The second-order valence-electron chi connectivity index (χ2n) is 12.9. The number of nitrogens with one attached hydrogen (secondary N) is 1. The first-order valence-electron chi connectivity index (χ1n) is 15.1. The molecular weight excluding hydrogens is 609 g/mol. The van der Waals surface area contributed by atoms with E-state index in [0.717, 1.165) is 12.5 Å². The van der Waals surface area contributed by atoms with Crippen molar-refractivity contribution in [1.82, 2.24) is 19.9 Å². The standard InChI is InChI=1S/C33H28F5N5O3/c1-2-19-22(34)5-4-17-8-18(44)9-20(25(17)19)27-26(36)28-21(10-39-27)29(40-24-12-45-11-23(24)35)42-30(41-28)46-16-32-6-3-7-43(32)15-31(13-32)14-33(31,37)38/h1,4-5,8-10,23-24,44H,3,6-7,11-16H2,(H,40,41,42)/t23-,24-,31+,32+/m1/s1. The van der Waals surface area contributed by atoms with Crippen LogP contribution < -0.4 is 10.1 Å². The van der Waals surface area contributed by atoms with Crippen molar-refractivity contribution >= 4 is 27.5 Å². The van der Waals surface area contributed by atoms with Gasteiger partial charge in [0.05, 0.1) is 41.2 Å². The number of nitrogens with zero attached hydrogens (tertiary/aromatic N) is 4. The van der Waals surface area contributed by atoms with Crippen molar-refractivity contribution in [3.63, 3.8) is 0 Å². The summed E-state index contributed by atoms with van der Waals surface area (Å²) in [4.78, 5) is 15.2. The highest BCUT2D eigenvalue weighted by atomic mass is 19.3. The number of anilines is 1. The molecule has 3 aliphatic heterocycles. The van der Waals surface area contributed by atoms with Gasteiger partial charge in [0.2, 0.25) is 0 Å². The molecule has 1 saturated carbocycles. The highest BCUT2D eigenvalue weighted by Gasteiger charge is 2.77. The van der Waals surface area contributed by atoms with Crippen LogP contribution in [-0.2, 0) is 4.74 Å². The SMILES string of the molecule is C#Cc1c(F)ccc2cc(O)cc(-c3ncc4c(N[C@@H]5COC[C@H]5F)nc(OC[C@@]56CCCN5C[C@@]5(CC5(F)F)C6)nc4c3F)c12. The number of pyridine rings is 1. The van der Waals surface area contributed by atoms with Crippen molar-refractivity contribution in [1.29, 1.82) is 0 Å². The van der Waals surface area contributed by atoms with Crippen LogP contribution in [0, 0.1) is 29.4 Å². The first kappa shape index (κ1) is 29.1. The summed E-state index contributed by atoms with van der Waals surface area (Å²) in [6.45, 7) is 0.894. The van der Waals surface area contributed by atoms with E-state index in [2.05, 4.69) is 31.1 Å². The van der Waals surface area contributed by atoms with Gasteiger partial charge in [-0.2, -0.15) is 9.97 Å². The summed E-state index contributed by atoms with van der Waals surface area (Å²) in [5, 5.41) is 14.1. The topological polar surface area (TPSA) is 92.6 Å². The van der Waals surface area contributed by atoms with Crippen molar-refractivity contribution in [3.05, 3.63) is 47.7 Å². The van der Waals surface area contributed by atoms with Crippen molar-refractivity contribution in [3.8, 4) is 35.4 Å². The molecule has 2 aromatic heterocycles. The van der Waals surface area contributed by atoms with Crippen LogP contribution in [-0.4, -0.2) is 81.5 Å². The fourth-order valence-corrected chi connectivity index (χ4v) is 7.64. The van der Waals surface area contributed by atoms with E-state index >= 15 is 4.39 Å². The number of aromatic hydroxyl groups is 1. The average molecular weight is 638 g/mol. The van der Waals surface area contributed by atoms with Gasteiger partial charge in [-0.3, -0.25) is 9.88 Å². The van der Waals surface area contributed by atoms with E-state index in [1.54, 1.807) is 0 Å². The third kappa shape index (κ3) is 4.37. The maximum absolute atomic E-state index is 16.6. The zero-order valence-electron chi connectivity index (χ0n) is 24.4. The summed E-state index contributed by atoms with van der Waals surface area (Å²) < 4.78 is 86.0.